The number of unbranched alkanes of at least 4 members (excludes halogenated alkanes) is 1. The van der Waals surface area contributed by atoms with Gasteiger partial charge in [-0.1, -0.05) is 51.3 Å². The van der Waals surface area contributed by atoms with Crippen molar-refractivity contribution in [1.29, 1.82) is 0 Å². The van der Waals surface area contributed by atoms with Crippen molar-refractivity contribution in [2.75, 3.05) is 13.1 Å². The Hall–Kier alpha value is -1.12. The highest BCUT2D eigenvalue weighted by molar-refractivity contribution is 6.40. The maximum atomic E-state index is 11.9. The molecular weight excluding hydrogens is 403 g/mol. The number of hydrogen-bond acceptors (Lipinski definition) is 5. The van der Waals surface area contributed by atoms with Crippen molar-refractivity contribution in [3.05, 3.63) is 34.3 Å². The van der Waals surface area contributed by atoms with Crippen LogP contribution in [0.2, 0.25) is 11.3 Å². The Morgan fingerprint density at radius 3 is 2.40 bits per heavy atom. The molecule has 1 aliphatic rings. The molecule has 1 fully saturated rings. The number of halogens is 1. The van der Waals surface area contributed by atoms with Crippen LogP contribution in [-0.2, 0) is 17.8 Å². The van der Waals surface area contributed by atoms with Gasteiger partial charge in [-0.2, -0.15) is 0 Å². The van der Waals surface area contributed by atoms with E-state index in [1.54, 1.807) is 0 Å². The van der Waals surface area contributed by atoms with Crippen LogP contribution in [0.3, 0.4) is 0 Å². The normalized spacial score (nSPS) is 17.0. The first kappa shape index (κ1) is 26.9. The molecule has 0 amide bonds. The summed E-state index contributed by atoms with van der Waals surface area (Å²) in [6.07, 6.45) is 4.16. The van der Waals surface area contributed by atoms with Crippen molar-refractivity contribution in [1.82, 2.24) is 4.90 Å². The predicted molar refractivity (Wildman–Crippen MR) is 124 cm³/mol. The molecule has 170 valence electrons. The van der Waals surface area contributed by atoms with Crippen molar-refractivity contribution >= 4 is 24.7 Å². The minimum atomic E-state index is -1.35. The topological polar surface area (TPSA) is 107 Å². The van der Waals surface area contributed by atoms with Crippen LogP contribution in [0, 0.1) is 5.92 Å². The summed E-state index contributed by atoms with van der Waals surface area (Å²) < 4.78 is 0. The van der Waals surface area contributed by atoms with E-state index in [0.717, 1.165) is 43.9 Å². The molecule has 1 aliphatic heterocycles. The summed E-state index contributed by atoms with van der Waals surface area (Å²) >= 11 is 6.10. The van der Waals surface area contributed by atoms with Crippen LogP contribution in [0.4, 0.5) is 0 Å². The van der Waals surface area contributed by atoms with Gasteiger partial charge in [-0.25, -0.2) is 0 Å². The highest BCUT2D eigenvalue weighted by Gasteiger charge is 2.42. The van der Waals surface area contributed by atoms with Gasteiger partial charge in [0.05, 0.1) is 0 Å². The Morgan fingerprint density at radius 2 is 1.87 bits per heavy atom. The molecule has 1 saturated heterocycles. The Morgan fingerprint density at radius 1 is 1.23 bits per heavy atom. The SMILES string of the molecule is CC.CCc1cc(Cl)ccc1CN1CCC(C(N)(CCCCB(O)O)C(=O)O)CC1. The second-order valence-corrected chi connectivity index (χ2v) is 8.33. The summed E-state index contributed by atoms with van der Waals surface area (Å²) in [6.45, 7) is 8.59. The molecule has 0 radical (unpaired) electrons. The van der Waals surface area contributed by atoms with E-state index >= 15 is 0 Å². The number of piperidine rings is 1. The van der Waals surface area contributed by atoms with Crippen molar-refractivity contribution in [2.24, 2.45) is 11.7 Å². The standard InChI is InChI=1S/C20H32BClN2O4.C2H6/c1-2-15-13-18(22)6-5-16(15)14-24-11-7-17(8-12-24)20(23,19(25)26)9-3-4-10-21(27)28;1-2/h5-6,13,17,27-28H,2-4,7-12,14,23H2,1H3,(H,25,26);1-2H3. The number of rotatable bonds is 10. The molecule has 1 heterocycles. The Kier molecular flexibility index (Phi) is 12.0. The Labute approximate surface area is 186 Å². The first-order valence-electron chi connectivity index (χ1n) is 11.1. The molecule has 6 nitrogen and oxygen atoms in total. The van der Waals surface area contributed by atoms with Crippen LogP contribution in [0.1, 0.15) is 64.0 Å². The fourth-order valence-corrected chi connectivity index (χ4v) is 4.35. The van der Waals surface area contributed by atoms with Gasteiger partial charge in [-0.05, 0) is 74.3 Å². The molecule has 1 aromatic rings. The molecule has 0 spiro atoms. The van der Waals surface area contributed by atoms with Crippen molar-refractivity contribution in [2.45, 2.75) is 77.7 Å². The molecule has 1 atom stereocenters. The van der Waals surface area contributed by atoms with Gasteiger partial charge >= 0.3 is 13.1 Å². The number of carbonyl (C=O) groups is 1. The molecule has 0 bridgehead atoms. The third-order valence-corrected chi connectivity index (χ3v) is 6.20. The highest BCUT2D eigenvalue weighted by atomic mass is 35.5. The van der Waals surface area contributed by atoms with Crippen LogP contribution in [0.25, 0.3) is 0 Å². The number of nitrogens with two attached hydrogens (primary N) is 1. The van der Waals surface area contributed by atoms with E-state index < -0.39 is 18.6 Å². The van der Waals surface area contributed by atoms with Crippen LogP contribution < -0.4 is 5.73 Å². The smallest absolute Gasteiger partial charge is 0.451 e. The molecule has 5 N–H and O–H groups in total. The molecule has 8 heteroatoms. The Bertz CT molecular complexity index is 654. The van der Waals surface area contributed by atoms with Crippen molar-refractivity contribution in [3.8, 4) is 0 Å². The third kappa shape index (κ3) is 7.86. The van der Waals surface area contributed by atoms with Crippen LogP contribution in [0.15, 0.2) is 18.2 Å². The predicted octanol–water partition coefficient (Wildman–Crippen LogP) is 3.57. The van der Waals surface area contributed by atoms with Gasteiger partial charge in [0.15, 0.2) is 0 Å². The molecule has 1 aromatic carbocycles. The highest BCUT2D eigenvalue weighted by Crippen LogP contribution is 2.32. The fourth-order valence-electron chi connectivity index (χ4n) is 4.16. The summed E-state index contributed by atoms with van der Waals surface area (Å²) in [4.78, 5) is 14.2. The monoisotopic (exact) mass is 440 g/mol. The van der Waals surface area contributed by atoms with Gasteiger partial charge in [-0.15, -0.1) is 0 Å². The number of aryl methyl sites for hydroxylation is 1. The van der Waals surface area contributed by atoms with Gasteiger partial charge < -0.3 is 20.9 Å². The lowest BCUT2D eigenvalue weighted by Gasteiger charge is -2.40. The number of likely N-dealkylation sites (tertiary alicyclic amines) is 1. The Balaban J connectivity index is 0.00000218. The molecule has 30 heavy (non-hydrogen) atoms. The van der Waals surface area contributed by atoms with E-state index in [4.69, 9.17) is 27.4 Å². The number of benzene rings is 1. The summed E-state index contributed by atoms with van der Waals surface area (Å²) in [6, 6.07) is 6.01. The number of carboxylic acid groups (broad SMARTS) is 1. The number of carboxylic acids is 1. The molecule has 0 saturated carbocycles. The average molecular weight is 441 g/mol. The minimum Gasteiger partial charge on any atom is -0.480 e. The summed E-state index contributed by atoms with van der Waals surface area (Å²) in [5.74, 6) is -1.03. The maximum Gasteiger partial charge on any atom is 0.451 e. The van der Waals surface area contributed by atoms with E-state index in [-0.39, 0.29) is 12.2 Å². The summed E-state index contributed by atoms with van der Waals surface area (Å²) in [5.41, 5.74) is 7.60. The van der Waals surface area contributed by atoms with Crippen molar-refractivity contribution < 1.29 is 19.9 Å². The lowest BCUT2D eigenvalue weighted by molar-refractivity contribution is -0.147. The van der Waals surface area contributed by atoms with Gasteiger partial charge in [0.25, 0.3) is 0 Å². The third-order valence-electron chi connectivity index (χ3n) is 5.96. The average Bonchev–Trinajstić information content (AvgIpc) is 2.74. The van der Waals surface area contributed by atoms with E-state index in [9.17, 15) is 9.90 Å². The van der Waals surface area contributed by atoms with Crippen LogP contribution in [0.5, 0.6) is 0 Å². The zero-order valence-electron chi connectivity index (χ0n) is 18.6. The largest absolute Gasteiger partial charge is 0.480 e. The number of hydrogen-bond donors (Lipinski definition) is 4. The van der Waals surface area contributed by atoms with E-state index in [1.807, 2.05) is 26.0 Å². The fraction of sp³-hybridized carbons (Fsp3) is 0.682. The number of aliphatic carboxylic acids is 1. The molecular formula is C22H38BClN2O4. The van der Waals surface area contributed by atoms with Gasteiger partial charge in [0.1, 0.15) is 5.54 Å². The first-order valence-corrected chi connectivity index (χ1v) is 11.5. The lowest BCUT2D eigenvalue weighted by atomic mass is 9.74. The molecule has 2 rings (SSSR count). The first-order chi connectivity index (χ1) is 14.3. The summed E-state index contributed by atoms with van der Waals surface area (Å²) in [5, 5.41) is 28.4. The zero-order chi connectivity index (χ0) is 22.7. The molecule has 1 unspecified atom stereocenters. The van der Waals surface area contributed by atoms with E-state index in [0.29, 0.717) is 19.3 Å². The molecule has 0 aromatic heterocycles. The van der Waals surface area contributed by atoms with Gasteiger partial charge in [-0.3, -0.25) is 9.69 Å². The van der Waals surface area contributed by atoms with E-state index in [2.05, 4.69) is 17.9 Å². The van der Waals surface area contributed by atoms with Crippen LogP contribution >= 0.6 is 11.6 Å². The van der Waals surface area contributed by atoms with Gasteiger partial charge in [0, 0.05) is 11.6 Å². The van der Waals surface area contributed by atoms with Crippen LogP contribution in [-0.4, -0.2) is 51.8 Å². The van der Waals surface area contributed by atoms with Gasteiger partial charge in [0.2, 0.25) is 0 Å². The zero-order valence-corrected chi connectivity index (χ0v) is 19.4. The minimum absolute atomic E-state index is 0.0730. The lowest BCUT2D eigenvalue weighted by Crippen LogP contribution is -2.56. The second kappa shape index (κ2) is 13.3. The second-order valence-electron chi connectivity index (χ2n) is 7.89. The maximum absolute atomic E-state index is 11.9. The van der Waals surface area contributed by atoms with E-state index in [1.165, 1.54) is 11.1 Å². The summed E-state index contributed by atoms with van der Waals surface area (Å²) in [7, 11) is -1.35. The quantitative estimate of drug-likeness (QED) is 0.327. The van der Waals surface area contributed by atoms with Crippen molar-refractivity contribution in [3.63, 3.8) is 0 Å². The molecule has 0 aliphatic carbocycles. The number of nitrogens with zero attached hydrogens (tertiary/aromatic N) is 1.